The number of hydrogen-bond acceptors (Lipinski definition) is 5. The number of amides is 1. The Morgan fingerprint density at radius 1 is 1.30 bits per heavy atom. The van der Waals surface area contributed by atoms with Gasteiger partial charge in [0.15, 0.2) is 0 Å². The highest BCUT2D eigenvalue weighted by atomic mass is 35.5. The topological polar surface area (TPSA) is 105 Å². The van der Waals surface area contributed by atoms with Crippen molar-refractivity contribution in [2.24, 2.45) is 13.0 Å². The van der Waals surface area contributed by atoms with Crippen LogP contribution in [0.2, 0.25) is 0 Å². The predicted molar refractivity (Wildman–Crippen MR) is 118 cm³/mol. The largest absolute Gasteiger partial charge is 0.326 e. The van der Waals surface area contributed by atoms with E-state index in [0.717, 1.165) is 23.4 Å². The fourth-order valence-electron chi connectivity index (χ4n) is 3.74. The van der Waals surface area contributed by atoms with Crippen molar-refractivity contribution in [3.8, 4) is 11.4 Å². The molecule has 158 valence electrons. The standard InChI is InChI=1S/C21H24N6O2.ClH/c1-3-15-8-19(28)26-20(24-15)13-5-4-6-16(7-13)25-21(29)18-11-22-10-17(18)14-9-23-27(2)12-14;/h4-9,12,17-18,22H,3,10-11H2,1-2H3,(H,25,29)(H,24,26,28);1H/t17-,18+;/m1./s1. The van der Waals surface area contributed by atoms with Crippen molar-refractivity contribution in [3.63, 3.8) is 0 Å². The average Bonchev–Trinajstić information content (AvgIpc) is 3.36. The molecule has 3 heterocycles. The Hall–Kier alpha value is -2.97. The zero-order valence-corrected chi connectivity index (χ0v) is 17.7. The molecule has 1 saturated heterocycles. The van der Waals surface area contributed by atoms with Crippen LogP contribution in [-0.2, 0) is 18.3 Å². The molecule has 30 heavy (non-hydrogen) atoms. The highest BCUT2D eigenvalue weighted by Crippen LogP contribution is 2.29. The Kier molecular flexibility index (Phi) is 6.69. The number of hydrogen-bond donors (Lipinski definition) is 3. The first-order valence-electron chi connectivity index (χ1n) is 9.74. The maximum absolute atomic E-state index is 13.0. The van der Waals surface area contributed by atoms with Crippen LogP contribution in [0, 0.1) is 5.92 Å². The molecule has 1 aromatic carbocycles. The van der Waals surface area contributed by atoms with Crippen molar-refractivity contribution < 1.29 is 4.79 Å². The zero-order chi connectivity index (χ0) is 20.4. The van der Waals surface area contributed by atoms with Crippen molar-refractivity contribution in [2.45, 2.75) is 19.3 Å². The van der Waals surface area contributed by atoms with E-state index in [1.54, 1.807) is 4.68 Å². The molecule has 4 rings (SSSR count). The van der Waals surface area contributed by atoms with Gasteiger partial charge in [0.1, 0.15) is 5.82 Å². The Morgan fingerprint density at radius 2 is 2.13 bits per heavy atom. The molecule has 1 aliphatic rings. The van der Waals surface area contributed by atoms with E-state index >= 15 is 0 Å². The van der Waals surface area contributed by atoms with Crippen LogP contribution in [0.25, 0.3) is 11.4 Å². The molecule has 2 aromatic heterocycles. The second kappa shape index (κ2) is 9.23. The summed E-state index contributed by atoms with van der Waals surface area (Å²) in [5.74, 6) is 0.376. The van der Waals surface area contributed by atoms with Gasteiger partial charge in [-0.15, -0.1) is 12.4 Å². The van der Waals surface area contributed by atoms with Gasteiger partial charge in [-0.25, -0.2) is 4.98 Å². The molecule has 3 aromatic rings. The highest BCUT2D eigenvalue weighted by molar-refractivity contribution is 5.94. The maximum Gasteiger partial charge on any atom is 0.251 e. The van der Waals surface area contributed by atoms with E-state index in [1.165, 1.54) is 6.07 Å². The third-order valence-corrected chi connectivity index (χ3v) is 5.26. The number of aryl methyl sites for hydroxylation is 2. The van der Waals surface area contributed by atoms with Crippen LogP contribution in [0.3, 0.4) is 0 Å². The van der Waals surface area contributed by atoms with Gasteiger partial charge in [0, 0.05) is 55.3 Å². The molecule has 1 aliphatic heterocycles. The summed E-state index contributed by atoms with van der Waals surface area (Å²) in [5.41, 5.74) is 3.04. The van der Waals surface area contributed by atoms with Gasteiger partial charge in [-0.3, -0.25) is 14.3 Å². The molecule has 0 unspecified atom stereocenters. The molecule has 1 amide bonds. The number of benzene rings is 1. The number of H-pyrrole nitrogens is 1. The number of aromatic nitrogens is 4. The van der Waals surface area contributed by atoms with Gasteiger partial charge in [0.2, 0.25) is 5.91 Å². The third kappa shape index (κ3) is 4.60. The summed E-state index contributed by atoms with van der Waals surface area (Å²) in [6, 6.07) is 8.88. The van der Waals surface area contributed by atoms with Crippen molar-refractivity contribution in [3.05, 3.63) is 64.3 Å². The van der Waals surface area contributed by atoms with Gasteiger partial charge in [-0.2, -0.15) is 5.10 Å². The van der Waals surface area contributed by atoms with E-state index in [4.69, 9.17) is 0 Å². The number of rotatable bonds is 5. The SMILES string of the molecule is CCc1cc(=O)[nH]c(-c2cccc(NC(=O)[C@H]3CNC[C@@H]3c3cnn(C)c3)c2)n1.Cl. The molecule has 2 atom stereocenters. The first-order valence-corrected chi connectivity index (χ1v) is 9.74. The van der Waals surface area contributed by atoms with E-state index < -0.39 is 0 Å². The lowest BCUT2D eigenvalue weighted by Gasteiger charge is -2.17. The minimum atomic E-state index is -0.183. The fourth-order valence-corrected chi connectivity index (χ4v) is 3.74. The minimum absolute atomic E-state index is 0. The summed E-state index contributed by atoms with van der Waals surface area (Å²) in [4.78, 5) is 32.1. The van der Waals surface area contributed by atoms with Crippen molar-refractivity contribution in [1.29, 1.82) is 0 Å². The van der Waals surface area contributed by atoms with Crippen LogP contribution >= 0.6 is 12.4 Å². The predicted octanol–water partition coefficient (Wildman–Crippen LogP) is 2.10. The summed E-state index contributed by atoms with van der Waals surface area (Å²) < 4.78 is 1.75. The van der Waals surface area contributed by atoms with E-state index in [1.807, 2.05) is 50.6 Å². The number of aromatic amines is 1. The van der Waals surface area contributed by atoms with Gasteiger partial charge in [0.25, 0.3) is 5.56 Å². The average molecular weight is 429 g/mol. The van der Waals surface area contributed by atoms with E-state index in [-0.39, 0.29) is 35.7 Å². The van der Waals surface area contributed by atoms with Crippen LogP contribution in [-0.4, -0.2) is 38.7 Å². The Morgan fingerprint density at radius 3 is 2.87 bits per heavy atom. The number of carbonyl (C=O) groups excluding carboxylic acids is 1. The van der Waals surface area contributed by atoms with Gasteiger partial charge in [-0.05, 0) is 24.1 Å². The summed E-state index contributed by atoms with van der Waals surface area (Å²) >= 11 is 0. The van der Waals surface area contributed by atoms with Crippen LogP contribution in [0.4, 0.5) is 5.69 Å². The van der Waals surface area contributed by atoms with Crippen molar-refractivity contribution in [1.82, 2.24) is 25.1 Å². The molecule has 0 radical (unpaired) electrons. The number of carbonyl (C=O) groups is 1. The molecule has 3 N–H and O–H groups in total. The van der Waals surface area contributed by atoms with Crippen LogP contribution in [0.1, 0.15) is 24.1 Å². The minimum Gasteiger partial charge on any atom is -0.326 e. The number of halogens is 1. The van der Waals surface area contributed by atoms with E-state index in [0.29, 0.717) is 24.5 Å². The third-order valence-electron chi connectivity index (χ3n) is 5.26. The second-order valence-electron chi connectivity index (χ2n) is 7.33. The highest BCUT2D eigenvalue weighted by Gasteiger charge is 2.34. The number of nitrogens with zero attached hydrogens (tertiary/aromatic N) is 3. The lowest BCUT2D eigenvalue weighted by Crippen LogP contribution is -2.28. The lowest BCUT2D eigenvalue weighted by molar-refractivity contribution is -0.119. The molecule has 0 saturated carbocycles. The first kappa shape index (κ1) is 21.7. The van der Waals surface area contributed by atoms with Crippen LogP contribution in [0.15, 0.2) is 47.5 Å². The van der Waals surface area contributed by atoms with E-state index in [9.17, 15) is 9.59 Å². The van der Waals surface area contributed by atoms with E-state index in [2.05, 4.69) is 25.7 Å². The molecule has 0 bridgehead atoms. The smallest absolute Gasteiger partial charge is 0.251 e. The quantitative estimate of drug-likeness (QED) is 0.577. The molecular formula is C21H25ClN6O2. The normalized spacial score (nSPS) is 18.1. The zero-order valence-electron chi connectivity index (χ0n) is 16.9. The maximum atomic E-state index is 13.0. The first-order chi connectivity index (χ1) is 14.0. The van der Waals surface area contributed by atoms with Gasteiger partial charge in [0.05, 0.1) is 12.1 Å². The molecule has 0 spiro atoms. The monoisotopic (exact) mass is 428 g/mol. The Bertz CT molecular complexity index is 1090. The summed E-state index contributed by atoms with van der Waals surface area (Å²) in [6.07, 6.45) is 4.46. The summed E-state index contributed by atoms with van der Waals surface area (Å²) in [7, 11) is 1.87. The van der Waals surface area contributed by atoms with Gasteiger partial charge >= 0.3 is 0 Å². The molecular weight excluding hydrogens is 404 g/mol. The number of anilines is 1. The summed E-state index contributed by atoms with van der Waals surface area (Å²) in [6.45, 7) is 3.33. The van der Waals surface area contributed by atoms with Gasteiger partial charge in [-0.1, -0.05) is 19.1 Å². The van der Waals surface area contributed by atoms with Crippen LogP contribution in [0.5, 0.6) is 0 Å². The lowest BCUT2D eigenvalue weighted by atomic mass is 9.90. The van der Waals surface area contributed by atoms with Crippen molar-refractivity contribution in [2.75, 3.05) is 18.4 Å². The van der Waals surface area contributed by atoms with Crippen LogP contribution < -0.4 is 16.2 Å². The molecule has 1 fully saturated rings. The van der Waals surface area contributed by atoms with Crippen molar-refractivity contribution >= 4 is 24.0 Å². The number of nitrogens with one attached hydrogen (secondary N) is 3. The van der Waals surface area contributed by atoms with Gasteiger partial charge < -0.3 is 15.6 Å². The Balaban J connectivity index is 0.00000256. The fraction of sp³-hybridized carbons (Fsp3) is 0.333. The molecule has 9 heteroatoms. The molecule has 0 aliphatic carbocycles. The second-order valence-corrected chi connectivity index (χ2v) is 7.33. The molecule has 8 nitrogen and oxygen atoms in total. The Labute approximate surface area is 180 Å². The summed E-state index contributed by atoms with van der Waals surface area (Å²) in [5, 5.41) is 10.5.